The molecule has 0 heterocycles. The molecule has 0 atom stereocenters. The van der Waals surface area contributed by atoms with Crippen LogP contribution in [0.15, 0.2) is 42.5 Å². The summed E-state index contributed by atoms with van der Waals surface area (Å²) in [6.07, 6.45) is 0. The molecule has 2 aromatic rings. The molecule has 4 heteroatoms. The number of rotatable bonds is 5. The van der Waals surface area contributed by atoms with Crippen LogP contribution in [0.25, 0.3) is 0 Å². The molecule has 1 N–H and O–H groups in total. The van der Waals surface area contributed by atoms with Crippen molar-refractivity contribution in [1.82, 2.24) is 5.32 Å². The largest absolute Gasteiger partial charge is 0.487 e. The van der Waals surface area contributed by atoms with Crippen molar-refractivity contribution < 1.29 is 4.74 Å². The molecule has 0 spiro atoms. The van der Waals surface area contributed by atoms with Gasteiger partial charge < -0.3 is 10.1 Å². The monoisotopic (exact) mass is 295 g/mol. The molecule has 0 aliphatic heterocycles. The Morgan fingerprint density at radius 3 is 2.47 bits per heavy atom. The molecule has 0 bridgehead atoms. The van der Waals surface area contributed by atoms with Crippen molar-refractivity contribution in [3.05, 3.63) is 63.6 Å². The first kappa shape index (κ1) is 14.2. The summed E-state index contributed by atoms with van der Waals surface area (Å²) in [6.45, 7) is 1.19. The summed E-state index contributed by atoms with van der Waals surface area (Å²) in [5.74, 6) is 0.730. The number of para-hydroxylation sites is 1. The Bertz CT molecular complexity index is 540. The van der Waals surface area contributed by atoms with E-state index in [4.69, 9.17) is 27.9 Å². The lowest BCUT2D eigenvalue weighted by Crippen LogP contribution is -2.07. The Morgan fingerprint density at radius 2 is 1.79 bits per heavy atom. The molecular formula is C15H15Cl2NO. The Kier molecular flexibility index (Phi) is 5.08. The van der Waals surface area contributed by atoms with Crippen LogP contribution in [-0.2, 0) is 13.2 Å². The Hall–Kier alpha value is -1.22. The number of hydrogen-bond acceptors (Lipinski definition) is 2. The molecule has 0 aliphatic rings. The number of hydrogen-bond donors (Lipinski definition) is 1. The van der Waals surface area contributed by atoms with Crippen molar-refractivity contribution in [2.24, 2.45) is 0 Å². The van der Waals surface area contributed by atoms with Crippen molar-refractivity contribution >= 4 is 23.2 Å². The van der Waals surface area contributed by atoms with Crippen LogP contribution in [0.5, 0.6) is 5.75 Å². The highest BCUT2D eigenvalue weighted by molar-refractivity contribution is 6.32. The minimum absolute atomic E-state index is 0.470. The van der Waals surface area contributed by atoms with Crippen LogP contribution < -0.4 is 10.1 Å². The van der Waals surface area contributed by atoms with Gasteiger partial charge in [-0.25, -0.2) is 0 Å². The SMILES string of the molecule is CNCc1cccc(Cl)c1OCc1ccc(Cl)cc1. The first-order chi connectivity index (χ1) is 9.20. The van der Waals surface area contributed by atoms with E-state index in [0.717, 1.165) is 28.4 Å². The number of benzene rings is 2. The van der Waals surface area contributed by atoms with Crippen LogP contribution in [-0.4, -0.2) is 7.05 Å². The molecule has 0 radical (unpaired) electrons. The zero-order valence-corrected chi connectivity index (χ0v) is 12.1. The molecule has 2 aromatic carbocycles. The minimum Gasteiger partial charge on any atom is -0.487 e. The van der Waals surface area contributed by atoms with Gasteiger partial charge in [-0.3, -0.25) is 0 Å². The average Bonchev–Trinajstić information content (AvgIpc) is 2.40. The molecule has 0 saturated heterocycles. The van der Waals surface area contributed by atoms with Gasteiger partial charge in [0.1, 0.15) is 12.4 Å². The molecule has 100 valence electrons. The summed E-state index contributed by atoms with van der Waals surface area (Å²) in [4.78, 5) is 0. The van der Waals surface area contributed by atoms with Crippen molar-refractivity contribution in [3.63, 3.8) is 0 Å². The number of halogens is 2. The third-order valence-corrected chi connectivity index (χ3v) is 3.26. The number of nitrogens with one attached hydrogen (secondary N) is 1. The lowest BCUT2D eigenvalue weighted by molar-refractivity contribution is 0.302. The van der Waals surface area contributed by atoms with Gasteiger partial charge in [0.15, 0.2) is 0 Å². The third-order valence-electron chi connectivity index (χ3n) is 2.71. The van der Waals surface area contributed by atoms with Gasteiger partial charge in [-0.2, -0.15) is 0 Å². The van der Waals surface area contributed by atoms with Gasteiger partial charge in [0.25, 0.3) is 0 Å². The van der Waals surface area contributed by atoms with Crippen molar-refractivity contribution in [2.45, 2.75) is 13.2 Å². The van der Waals surface area contributed by atoms with Crippen LogP contribution in [0, 0.1) is 0 Å². The standard InChI is InChI=1S/C15H15Cl2NO/c1-18-9-12-3-2-4-14(17)15(12)19-10-11-5-7-13(16)8-6-11/h2-8,18H,9-10H2,1H3. The maximum Gasteiger partial charge on any atom is 0.142 e. The molecule has 0 saturated carbocycles. The van der Waals surface area contributed by atoms with E-state index in [9.17, 15) is 0 Å². The highest BCUT2D eigenvalue weighted by Crippen LogP contribution is 2.29. The number of ether oxygens (including phenoxy) is 1. The van der Waals surface area contributed by atoms with Crippen LogP contribution in [0.3, 0.4) is 0 Å². The predicted octanol–water partition coefficient (Wildman–Crippen LogP) is 4.29. The molecule has 2 nitrogen and oxygen atoms in total. The molecule has 19 heavy (non-hydrogen) atoms. The molecule has 2 rings (SSSR count). The van der Waals surface area contributed by atoms with E-state index in [1.807, 2.05) is 49.5 Å². The first-order valence-corrected chi connectivity index (χ1v) is 6.75. The fraction of sp³-hybridized carbons (Fsp3) is 0.200. The summed E-state index contributed by atoms with van der Waals surface area (Å²) in [5, 5.41) is 4.45. The van der Waals surface area contributed by atoms with Crippen molar-refractivity contribution in [1.29, 1.82) is 0 Å². The zero-order chi connectivity index (χ0) is 13.7. The molecule has 0 aliphatic carbocycles. The molecular weight excluding hydrogens is 281 g/mol. The summed E-state index contributed by atoms with van der Waals surface area (Å²) in [5.41, 5.74) is 2.10. The predicted molar refractivity (Wildman–Crippen MR) is 80.0 cm³/mol. The van der Waals surface area contributed by atoms with Crippen LogP contribution in [0.2, 0.25) is 10.0 Å². The average molecular weight is 296 g/mol. The van der Waals surface area contributed by atoms with Crippen molar-refractivity contribution in [3.8, 4) is 5.75 Å². The van der Waals surface area contributed by atoms with Crippen LogP contribution in [0.1, 0.15) is 11.1 Å². The van der Waals surface area contributed by atoms with E-state index in [1.54, 1.807) is 0 Å². The molecule has 0 aromatic heterocycles. The maximum absolute atomic E-state index is 6.18. The van der Waals surface area contributed by atoms with E-state index in [-0.39, 0.29) is 0 Å². The van der Waals surface area contributed by atoms with E-state index >= 15 is 0 Å². The van der Waals surface area contributed by atoms with Gasteiger partial charge >= 0.3 is 0 Å². The highest BCUT2D eigenvalue weighted by Gasteiger charge is 2.08. The second-order valence-corrected chi connectivity index (χ2v) is 5.02. The van der Waals surface area contributed by atoms with E-state index in [1.165, 1.54) is 0 Å². The fourth-order valence-electron chi connectivity index (χ4n) is 1.78. The quantitative estimate of drug-likeness (QED) is 0.888. The molecule has 0 unspecified atom stereocenters. The van der Waals surface area contributed by atoms with Gasteiger partial charge in [-0.15, -0.1) is 0 Å². The van der Waals surface area contributed by atoms with Gasteiger partial charge in [0, 0.05) is 17.1 Å². The van der Waals surface area contributed by atoms with E-state index in [2.05, 4.69) is 5.32 Å². The van der Waals surface area contributed by atoms with Crippen LogP contribution in [0.4, 0.5) is 0 Å². The Labute approximate surface area is 123 Å². The van der Waals surface area contributed by atoms with Crippen LogP contribution >= 0.6 is 23.2 Å². The second-order valence-electron chi connectivity index (χ2n) is 4.17. The fourth-order valence-corrected chi connectivity index (χ4v) is 2.16. The van der Waals surface area contributed by atoms with Crippen molar-refractivity contribution in [2.75, 3.05) is 7.05 Å². The van der Waals surface area contributed by atoms with Gasteiger partial charge in [-0.1, -0.05) is 47.5 Å². The maximum atomic E-state index is 6.18. The van der Waals surface area contributed by atoms with E-state index < -0.39 is 0 Å². The molecule has 0 fully saturated rings. The highest BCUT2D eigenvalue weighted by atomic mass is 35.5. The second kappa shape index (κ2) is 6.80. The van der Waals surface area contributed by atoms with Gasteiger partial charge in [0.05, 0.1) is 5.02 Å². The van der Waals surface area contributed by atoms with E-state index in [0.29, 0.717) is 11.6 Å². The smallest absolute Gasteiger partial charge is 0.142 e. The normalized spacial score (nSPS) is 10.5. The summed E-state index contributed by atoms with van der Waals surface area (Å²) in [7, 11) is 1.89. The first-order valence-electron chi connectivity index (χ1n) is 6.00. The Morgan fingerprint density at radius 1 is 1.05 bits per heavy atom. The minimum atomic E-state index is 0.470. The lowest BCUT2D eigenvalue weighted by Gasteiger charge is -2.13. The summed E-state index contributed by atoms with van der Waals surface area (Å²) < 4.78 is 5.83. The summed E-state index contributed by atoms with van der Waals surface area (Å²) >= 11 is 12.0. The van der Waals surface area contributed by atoms with Gasteiger partial charge in [-0.05, 0) is 30.8 Å². The molecule has 0 amide bonds. The Balaban J connectivity index is 2.12. The lowest BCUT2D eigenvalue weighted by atomic mass is 10.2. The topological polar surface area (TPSA) is 21.3 Å². The van der Waals surface area contributed by atoms with Gasteiger partial charge in [0.2, 0.25) is 0 Å². The zero-order valence-electron chi connectivity index (χ0n) is 10.6. The summed E-state index contributed by atoms with van der Waals surface area (Å²) in [6, 6.07) is 13.3. The third kappa shape index (κ3) is 3.87.